The minimum Gasteiger partial charge on any atom is -0.357 e. The second kappa shape index (κ2) is 9.32. The highest BCUT2D eigenvalue weighted by Gasteiger charge is 2.36. The third-order valence-electron chi connectivity index (χ3n) is 3.42. The Morgan fingerprint density at radius 1 is 1.37 bits per heavy atom. The molecule has 3 nitrogen and oxygen atoms in total. The van der Waals surface area contributed by atoms with Crippen molar-refractivity contribution >= 4 is 41.7 Å². The van der Waals surface area contributed by atoms with Gasteiger partial charge in [-0.1, -0.05) is 13.3 Å². The molecular weight excluding hydrogens is 369 g/mol. The first kappa shape index (κ1) is 19.4. The summed E-state index contributed by atoms with van der Waals surface area (Å²) in [5.41, 5.74) is 0. The molecule has 1 fully saturated rings. The van der Waals surface area contributed by atoms with Crippen molar-refractivity contribution in [2.75, 3.05) is 19.3 Å². The van der Waals surface area contributed by atoms with Crippen molar-refractivity contribution in [3.63, 3.8) is 0 Å². The molecule has 2 N–H and O–H groups in total. The summed E-state index contributed by atoms with van der Waals surface area (Å²) in [5, 5.41) is 6.90. The Bertz CT molecular complexity index is 282. The molecule has 0 aromatic carbocycles. The Balaban J connectivity index is 0.00000324. The zero-order valence-electron chi connectivity index (χ0n) is 13.0. The number of aliphatic imine (C=N–C) groups is 1. The van der Waals surface area contributed by atoms with E-state index in [-0.39, 0.29) is 28.7 Å². The molecule has 0 aliphatic heterocycles. The van der Waals surface area contributed by atoms with Crippen molar-refractivity contribution in [3.05, 3.63) is 0 Å². The van der Waals surface area contributed by atoms with Crippen LogP contribution in [0.4, 0.5) is 0 Å². The van der Waals surface area contributed by atoms with Crippen molar-refractivity contribution in [3.8, 4) is 0 Å². The van der Waals surface area contributed by atoms with E-state index in [9.17, 15) is 0 Å². The van der Waals surface area contributed by atoms with Crippen molar-refractivity contribution in [2.24, 2.45) is 10.9 Å². The number of guanidine groups is 1. The van der Waals surface area contributed by atoms with Gasteiger partial charge in [0.1, 0.15) is 0 Å². The Hall–Kier alpha value is 0.350. The SMILES string of the molecule is CCCC1CC1NC(=NCC(C)(C)SC)NCC.I. The minimum absolute atomic E-state index is 0. The van der Waals surface area contributed by atoms with Crippen LogP contribution >= 0.6 is 35.7 Å². The molecule has 1 saturated carbocycles. The Kier molecular flexibility index (Phi) is 9.49. The van der Waals surface area contributed by atoms with Gasteiger partial charge < -0.3 is 10.6 Å². The summed E-state index contributed by atoms with van der Waals surface area (Å²) in [7, 11) is 0. The summed E-state index contributed by atoms with van der Waals surface area (Å²) in [6.45, 7) is 10.6. The van der Waals surface area contributed by atoms with E-state index in [1.165, 1.54) is 19.3 Å². The molecule has 0 aromatic heterocycles. The quantitative estimate of drug-likeness (QED) is 0.391. The fraction of sp³-hybridized carbons (Fsp3) is 0.929. The van der Waals surface area contributed by atoms with Crippen LogP contribution in [0.25, 0.3) is 0 Å². The lowest BCUT2D eigenvalue weighted by Crippen LogP contribution is -2.40. The molecule has 5 heteroatoms. The van der Waals surface area contributed by atoms with Crippen LogP contribution in [0.15, 0.2) is 4.99 Å². The van der Waals surface area contributed by atoms with Gasteiger partial charge in [0, 0.05) is 17.3 Å². The number of halogens is 1. The van der Waals surface area contributed by atoms with Crippen molar-refractivity contribution in [1.29, 1.82) is 0 Å². The molecule has 114 valence electrons. The molecule has 0 heterocycles. The van der Waals surface area contributed by atoms with Crippen LogP contribution in [0.1, 0.15) is 47.0 Å². The topological polar surface area (TPSA) is 36.4 Å². The van der Waals surface area contributed by atoms with E-state index in [1.807, 2.05) is 11.8 Å². The Labute approximate surface area is 140 Å². The first-order valence-electron chi connectivity index (χ1n) is 7.12. The standard InChI is InChI=1S/C14H29N3S.HI/c1-6-8-11-9-12(11)17-13(15-7-2)16-10-14(3,4)18-5;/h11-12H,6-10H2,1-5H3,(H2,15,16,17);1H. The average molecular weight is 399 g/mol. The van der Waals surface area contributed by atoms with Crippen molar-refractivity contribution in [2.45, 2.75) is 57.7 Å². The zero-order chi connectivity index (χ0) is 13.6. The molecule has 2 atom stereocenters. The fourth-order valence-electron chi connectivity index (χ4n) is 1.94. The second-order valence-corrected chi connectivity index (χ2v) is 7.21. The van der Waals surface area contributed by atoms with Gasteiger partial charge in [0.25, 0.3) is 0 Å². The maximum Gasteiger partial charge on any atom is 0.191 e. The van der Waals surface area contributed by atoms with Crippen LogP contribution in [0.3, 0.4) is 0 Å². The molecule has 0 saturated heterocycles. The number of nitrogens with one attached hydrogen (secondary N) is 2. The van der Waals surface area contributed by atoms with Crippen molar-refractivity contribution < 1.29 is 0 Å². The summed E-state index contributed by atoms with van der Waals surface area (Å²) < 4.78 is 0.217. The van der Waals surface area contributed by atoms with Crippen LogP contribution in [-0.4, -0.2) is 36.1 Å². The van der Waals surface area contributed by atoms with Crippen LogP contribution in [0, 0.1) is 5.92 Å². The van der Waals surface area contributed by atoms with Gasteiger partial charge in [-0.15, -0.1) is 24.0 Å². The molecule has 1 aliphatic carbocycles. The average Bonchev–Trinajstić information content (AvgIpc) is 3.05. The summed E-state index contributed by atoms with van der Waals surface area (Å²) in [6.07, 6.45) is 6.08. The minimum atomic E-state index is 0. The number of rotatable bonds is 7. The fourth-order valence-corrected chi connectivity index (χ4v) is 2.14. The van der Waals surface area contributed by atoms with Gasteiger partial charge in [0.15, 0.2) is 5.96 Å². The highest BCUT2D eigenvalue weighted by molar-refractivity contribution is 14.0. The first-order chi connectivity index (χ1) is 8.52. The van der Waals surface area contributed by atoms with Gasteiger partial charge in [0.05, 0.1) is 6.54 Å². The first-order valence-corrected chi connectivity index (χ1v) is 8.35. The summed E-state index contributed by atoms with van der Waals surface area (Å²) in [6, 6.07) is 0.653. The van der Waals surface area contributed by atoms with Crippen LogP contribution in [-0.2, 0) is 0 Å². The molecule has 19 heavy (non-hydrogen) atoms. The van der Waals surface area contributed by atoms with Crippen LogP contribution < -0.4 is 10.6 Å². The molecule has 0 spiro atoms. The Morgan fingerprint density at radius 3 is 2.58 bits per heavy atom. The monoisotopic (exact) mass is 399 g/mol. The number of thioether (sulfide) groups is 1. The predicted octanol–water partition coefficient (Wildman–Crippen LogP) is 3.49. The number of nitrogens with zero attached hydrogens (tertiary/aromatic N) is 1. The molecule has 0 aromatic rings. The lowest BCUT2D eigenvalue weighted by molar-refractivity contribution is 0.651. The predicted molar refractivity (Wildman–Crippen MR) is 98.9 cm³/mol. The largest absolute Gasteiger partial charge is 0.357 e. The van der Waals surface area contributed by atoms with E-state index < -0.39 is 0 Å². The highest BCUT2D eigenvalue weighted by atomic mass is 127. The molecular formula is C14H30IN3S. The second-order valence-electron chi connectivity index (χ2n) is 5.69. The van der Waals surface area contributed by atoms with Gasteiger partial charge in [-0.2, -0.15) is 11.8 Å². The van der Waals surface area contributed by atoms with E-state index in [1.54, 1.807) is 0 Å². The normalized spacial score (nSPS) is 22.7. The highest BCUT2D eigenvalue weighted by Crippen LogP contribution is 2.34. The van der Waals surface area contributed by atoms with E-state index in [4.69, 9.17) is 4.99 Å². The molecule has 2 unspecified atom stereocenters. The summed E-state index contributed by atoms with van der Waals surface area (Å²) >= 11 is 1.87. The lowest BCUT2D eigenvalue weighted by Gasteiger charge is -2.20. The van der Waals surface area contributed by atoms with Gasteiger partial charge in [-0.3, -0.25) is 4.99 Å². The lowest BCUT2D eigenvalue weighted by atomic mass is 10.2. The maximum absolute atomic E-state index is 4.70. The third-order valence-corrected chi connectivity index (χ3v) is 4.65. The third kappa shape index (κ3) is 7.63. The van der Waals surface area contributed by atoms with E-state index in [0.29, 0.717) is 6.04 Å². The van der Waals surface area contributed by atoms with Gasteiger partial charge in [-0.05, 0) is 45.8 Å². The van der Waals surface area contributed by atoms with E-state index >= 15 is 0 Å². The summed E-state index contributed by atoms with van der Waals surface area (Å²) in [5.74, 6) is 1.86. The van der Waals surface area contributed by atoms with Gasteiger partial charge >= 0.3 is 0 Å². The molecule has 0 bridgehead atoms. The summed E-state index contributed by atoms with van der Waals surface area (Å²) in [4.78, 5) is 4.70. The smallest absolute Gasteiger partial charge is 0.191 e. The zero-order valence-corrected chi connectivity index (χ0v) is 16.1. The molecule has 1 rings (SSSR count). The number of hydrogen-bond donors (Lipinski definition) is 2. The van der Waals surface area contributed by atoms with Crippen LogP contribution in [0.5, 0.6) is 0 Å². The molecule has 0 amide bonds. The Morgan fingerprint density at radius 2 is 2.05 bits per heavy atom. The molecule has 1 aliphatic rings. The number of hydrogen-bond acceptors (Lipinski definition) is 2. The van der Waals surface area contributed by atoms with E-state index in [2.05, 4.69) is 44.6 Å². The van der Waals surface area contributed by atoms with Crippen LogP contribution in [0.2, 0.25) is 0 Å². The van der Waals surface area contributed by atoms with E-state index in [0.717, 1.165) is 25.0 Å². The van der Waals surface area contributed by atoms with Gasteiger partial charge in [-0.25, -0.2) is 0 Å². The van der Waals surface area contributed by atoms with Crippen molar-refractivity contribution in [1.82, 2.24) is 10.6 Å². The maximum atomic E-state index is 4.70. The molecule has 0 radical (unpaired) electrons. The van der Waals surface area contributed by atoms with Gasteiger partial charge in [0.2, 0.25) is 0 Å².